The van der Waals surface area contributed by atoms with Crippen LogP contribution < -0.4 is 0 Å². The zero-order chi connectivity index (χ0) is 8.27. The maximum Gasteiger partial charge on any atom is 0.0418 e. The van der Waals surface area contributed by atoms with E-state index in [9.17, 15) is 0 Å². The fraction of sp³-hybridized carbons (Fsp3) is 0. The maximum atomic E-state index is 5.73. The monoisotopic (exact) mass is 292 g/mol. The molecule has 0 aliphatic rings. The van der Waals surface area contributed by atoms with Gasteiger partial charge in [0.1, 0.15) is 0 Å². The SMILES string of the molecule is Clc1ccc(C#CBr)c(Br)c1. The van der Waals surface area contributed by atoms with E-state index in [1.807, 2.05) is 12.1 Å². The minimum atomic E-state index is 0.706. The molecule has 0 fully saturated rings. The van der Waals surface area contributed by atoms with Crippen LogP contribution in [0.15, 0.2) is 22.7 Å². The number of halogens is 3. The van der Waals surface area contributed by atoms with Gasteiger partial charge in [0.2, 0.25) is 0 Å². The molecular formula is C8H3Br2Cl. The van der Waals surface area contributed by atoms with Crippen LogP contribution in [-0.2, 0) is 0 Å². The van der Waals surface area contributed by atoms with Gasteiger partial charge < -0.3 is 0 Å². The highest BCUT2D eigenvalue weighted by Gasteiger charge is 1.95. The van der Waals surface area contributed by atoms with Gasteiger partial charge in [-0.05, 0) is 39.0 Å². The number of rotatable bonds is 0. The summed E-state index contributed by atoms with van der Waals surface area (Å²) in [4.78, 5) is 2.63. The Morgan fingerprint density at radius 1 is 1.36 bits per heavy atom. The summed E-state index contributed by atoms with van der Waals surface area (Å²) in [6.45, 7) is 0. The van der Waals surface area contributed by atoms with E-state index in [4.69, 9.17) is 11.6 Å². The molecule has 0 saturated carbocycles. The van der Waals surface area contributed by atoms with Crippen molar-refractivity contribution in [3.05, 3.63) is 33.3 Å². The predicted octanol–water partition coefficient (Wildman–Crippen LogP) is 3.81. The Balaban J connectivity index is 3.16. The lowest BCUT2D eigenvalue weighted by molar-refractivity contribution is 1.59. The van der Waals surface area contributed by atoms with Gasteiger partial charge in [-0.15, -0.1) is 0 Å². The fourth-order valence-corrected chi connectivity index (χ4v) is 1.64. The average molecular weight is 294 g/mol. The van der Waals surface area contributed by atoms with E-state index in [-0.39, 0.29) is 0 Å². The van der Waals surface area contributed by atoms with Gasteiger partial charge in [0.05, 0.1) is 0 Å². The molecule has 0 radical (unpaired) electrons. The van der Waals surface area contributed by atoms with E-state index in [0.717, 1.165) is 10.0 Å². The van der Waals surface area contributed by atoms with Crippen molar-refractivity contribution >= 4 is 43.5 Å². The maximum absolute atomic E-state index is 5.73. The van der Waals surface area contributed by atoms with E-state index in [2.05, 4.69) is 42.6 Å². The molecule has 1 aromatic carbocycles. The quantitative estimate of drug-likeness (QED) is 0.638. The topological polar surface area (TPSA) is 0 Å². The number of hydrogen-bond donors (Lipinski definition) is 0. The molecule has 56 valence electrons. The molecule has 0 atom stereocenters. The highest BCUT2D eigenvalue weighted by molar-refractivity contribution is 9.12. The summed E-state index contributed by atoms with van der Waals surface area (Å²) >= 11 is 12.1. The van der Waals surface area contributed by atoms with Crippen molar-refractivity contribution in [2.75, 3.05) is 0 Å². The van der Waals surface area contributed by atoms with Gasteiger partial charge in [-0.25, -0.2) is 0 Å². The smallest absolute Gasteiger partial charge is 0.0418 e. The van der Waals surface area contributed by atoms with Crippen LogP contribution in [0.4, 0.5) is 0 Å². The van der Waals surface area contributed by atoms with E-state index in [0.29, 0.717) is 5.02 Å². The number of benzene rings is 1. The second-order valence-electron chi connectivity index (χ2n) is 1.84. The molecule has 0 nitrogen and oxygen atoms in total. The Hall–Kier alpha value is 0.0300. The van der Waals surface area contributed by atoms with Crippen molar-refractivity contribution in [3.63, 3.8) is 0 Å². The zero-order valence-electron chi connectivity index (χ0n) is 5.37. The molecule has 0 unspecified atom stereocenters. The molecule has 0 bridgehead atoms. The molecule has 0 heterocycles. The van der Waals surface area contributed by atoms with Gasteiger partial charge in [0, 0.05) is 31.0 Å². The minimum Gasteiger partial charge on any atom is -0.0843 e. The molecule has 0 saturated heterocycles. The third-order valence-electron chi connectivity index (χ3n) is 1.11. The van der Waals surface area contributed by atoms with Gasteiger partial charge >= 0.3 is 0 Å². The standard InChI is InChI=1S/C8H3Br2Cl/c9-4-3-6-1-2-7(11)5-8(6)10/h1-2,5H. The Morgan fingerprint density at radius 2 is 2.09 bits per heavy atom. The Labute approximate surface area is 87.2 Å². The van der Waals surface area contributed by atoms with Crippen LogP contribution in [0.3, 0.4) is 0 Å². The minimum absolute atomic E-state index is 0.706. The van der Waals surface area contributed by atoms with Gasteiger partial charge in [-0.2, -0.15) is 0 Å². The second-order valence-corrected chi connectivity index (χ2v) is 3.53. The van der Waals surface area contributed by atoms with E-state index < -0.39 is 0 Å². The van der Waals surface area contributed by atoms with Gasteiger partial charge in [-0.3, -0.25) is 0 Å². The lowest BCUT2D eigenvalue weighted by atomic mass is 10.2. The molecule has 1 rings (SSSR count). The van der Waals surface area contributed by atoms with Crippen LogP contribution in [0.1, 0.15) is 5.56 Å². The highest BCUT2D eigenvalue weighted by Crippen LogP contribution is 2.20. The van der Waals surface area contributed by atoms with Crippen molar-refractivity contribution in [1.82, 2.24) is 0 Å². The van der Waals surface area contributed by atoms with Gasteiger partial charge in [-0.1, -0.05) is 17.5 Å². The molecule has 0 amide bonds. The number of hydrogen-bond acceptors (Lipinski definition) is 0. The first-order valence-corrected chi connectivity index (χ1v) is 4.77. The lowest BCUT2D eigenvalue weighted by Gasteiger charge is -1.94. The van der Waals surface area contributed by atoms with Crippen LogP contribution in [0.5, 0.6) is 0 Å². The van der Waals surface area contributed by atoms with Gasteiger partial charge in [0.15, 0.2) is 0 Å². The van der Waals surface area contributed by atoms with Crippen LogP contribution in [0.25, 0.3) is 0 Å². The first-order chi connectivity index (χ1) is 5.24. The van der Waals surface area contributed by atoms with Crippen LogP contribution in [-0.4, -0.2) is 0 Å². The normalized spacial score (nSPS) is 8.64. The fourth-order valence-electron chi connectivity index (χ4n) is 0.642. The van der Waals surface area contributed by atoms with Crippen LogP contribution >= 0.6 is 43.5 Å². The Bertz CT molecular complexity index is 323. The molecule has 0 aliphatic heterocycles. The van der Waals surface area contributed by atoms with E-state index in [1.165, 1.54) is 0 Å². The summed E-state index contributed by atoms with van der Waals surface area (Å²) in [5.41, 5.74) is 0.922. The molecular weight excluding hydrogens is 291 g/mol. The predicted molar refractivity (Wildman–Crippen MR) is 55.0 cm³/mol. The molecule has 0 N–H and O–H groups in total. The van der Waals surface area contributed by atoms with Crippen molar-refractivity contribution in [2.24, 2.45) is 0 Å². The molecule has 3 heteroatoms. The molecule has 1 aromatic rings. The summed E-state index contributed by atoms with van der Waals surface area (Å²) in [5, 5.41) is 0.706. The Morgan fingerprint density at radius 3 is 2.64 bits per heavy atom. The summed E-state index contributed by atoms with van der Waals surface area (Å²) < 4.78 is 0.914. The largest absolute Gasteiger partial charge is 0.0843 e. The van der Waals surface area contributed by atoms with Gasteiger partial charge in [0.25, 0.3) is 0 Å². The highest BCUT2D eigenvalue weighted by atomic mass is 79.9. The lowest BCUT2D eigenvalue weighted by Crippen LogP contribution is -1.75. The first-order valence-electron chi connectivity index (χ1n) is 2.80. The van der Waals surface area contributed by atoms with E-state index in [1.54, 1.807) is 6.07 Å². The molecule has 0 aliphatic carbocycles. The van der Waals surface area contributed by atoms with Crippen LogP contribution in [0, 0.1) is 10.8 Å². The molecule has 0 spiro atoms. The molecule has 11 heavy (non-hydrogen) atoms. The Kier molecular flexibility index (Phi) is 3.45. The molecule has 0 aromatic heterocycles. The van der Waals surface area contributed by atoms with Crippen molar-refractivity contribution < 1.29 is 0 Å². The summed E-state index contributed by atoms with van der Waals surface area (Å²) in [6, 6.07) is 5.48. The second kappa shape index (κ2) is 4.15. The van der Waals surface area contributed by atoms with Crippen LogP contribution in [0.2, 0.25) is 5.02 Å². The summed E-state index contributed by atoms with van der Waals surface area (Å²) in [7, 11) is 0. The third-order valence-corrected chi connectivity index (χ3v) is 2.20. The first kappa shape index (κ1) is 9.12. The van der Waals surface area contributed by atoms with Crippen molar-refractivity contribution in [1.29, 1.82) is 0 Å². The summed E-state index contributed by atoms with van der Waals surface area (Å²) in [6.07, 6.45) is 0. The average Bonchev–Trinajstić information content (AvgIpc) is 1.95. The van der Waals surface area contributed by atoms with E-state index >= 15 is 0 Å². The van der Waals surface area contributed by atoms with Crippen molar-refractivity contribution in [3.8, 4) is 10.8 Å². The zero-order valence-corrected chi connectivity index (χ0v) is 9.29. The third kappa shape index (κ3) is 2.52. The summed E-state index contributed by atoms with van der Waals surface area (Å²) in [5.74, 6) is 2.86. The van der Waals surface area contributed by atoms with Crippen molar-refractivity contribution in [2.45, 2.75) is 0 Å².